The molecular formula is C15H22N2O2. The first kappa shape index (κ1) is 14.0. The van der Waals surface area contributed by atoms with Crippen molar-refractivity contribution in [1.29, 1.82) is 0 Å². The molecule has 2 atom stereocenters. The average Bonchev–Trinajstić information content (AvgIpc) is 2.44. The highest BCUT2D eigenvalue weighted by molar-refractivity contribution is 5.82. The third kappa shape index (κ3) is 3.78. The van der Waals surface area contributed by atoms with Crippen LogP contribution >= 0.6 is 0 Å². The summed E-state index contributed by atoms with van der Waals surface area (Å²) >= 11 is 0. The number of benzene rings is 1. The van der Waals surface area contributed by atoms with E-state index in [9.17, 15) is 4.79 Å². The molecule has 1 aromatic rings. The topological polar surface area (TPSA) is 61.4 Å². The Bertz CT molecular complexity index is 434. The molecule has 4 heteroatoms. The van der Waals surface area contributed by atoms with Gasteiger partial charge in [-0.15, -0.1) is 0 Å². The Labute approximate surface area is 114 Å². The summed E-state index contributed by atoms with van der Waals surface area (Å²) in [7, 11) is 0. The predicted molar refractivity (Wildman–Crippen MR) is 74.7 cm³/mol. The molecule has 0 saturated heterocycles. The van der Waals surface area contributed by atoms with Crippen LogP contribution in [0.4, 0.5) is 0 Å². The van der Waals surface area contributed by atoms with Gasteiger partial charge in [0.05, 0.1) is 6.04 Å². The van der Waals surface area contributed by atoms with Crippen molar-refractivity contribution in [1.82, 2.24) is 10.6 Å². The Kier molecular flexibility index (Phi) is 4.93. The van der Waals surface area contributed by atoms with E-state index in [4.69, 9.17) is 5.11 Å². The van der Waals surface area contributed by atoms with Crippen LogP contribution in [0.5, 0.6) is 0 Å². The Morgan fingerprint density at radius 2 is 2.21 bits per heavy atom. The maximum absolute atomic E-state index is 12.1. The lowest BCUT2D eigenvalue weighted by Gasteiger charge is -2.26. The van der Waals surface area contributed by atoms with Gasteiger partial charge in [0.2, 0.25) is 5.91 Å². The summed E-state index contributed by atoms with van der Waals surface area (Å²) in [5, 5.41) is 15.1. The van der Waals surface area contributed by atoms with Crippen LogP contribution in [0.3, 0.4) is 0 Å². The summed E-state index contributed by atoms with van der Waals surface area (Å²) in [4.78, 5) is 12.1. The molecule has 0 aromatic heterocycles. The molecule has 0 radical (unpaired) electrons. The second-order valence-corrected chi connectivity index (χ2v) is 5.18. The van der Waals surface area contributed by atoms with Crippen molar-refractivity contribution in [2.24, 2.45) is 0 Å². The van der Waals surface area contributed by atoms with Crippen LogP contribution in [0.25, 0.3) is 0 Å². The van der Waals surface area contributed by atoms with Gasteiger partial charge in [0.25, 0.3) is 0 Å². The fourth-order valence-corrected chi connectivity index (χ4v) is 2.45. The molecule has 0 aliphatic carbocycles. The standard InChI is InChI=1S/C15H22N2O2/c1-11(5-4-8-18)17-15(19)14-9-12-6-2-3-7-13(12)10-16-14/h2-3,6-7,11,14,16,18H,4-5,8-10H2,1H3,(H,17,19). The van der Waals surface area contributed by atoms with Crippen LogP contribution in [0.2, 0.25) is 0 Å². The highest BCUT2D eigenvalue weighted by Crippen LogP contribution is 2.16. The molecular weight excluding hydrogens is 240 g/mol. The lowest BCUT2D eigenvalue weighted by molar-refractivity contribution is -0.124. The Morgan fingerprint density at radius 3 is 2.95 bits per heavy atom. The van der Waals surface area contributed by atoms with Crippen molar-refractivity contribution in [2.75, 3.05) is 6.61 Å². The SMILES string of the molecule is CC(CCCO)NC(=O)C1Cc2ccccc2CN1. The van der Waals surface area contributed by atoms with Crippen LogP contribution < -0.4 is 10.6 Å². The zero-order valence-corrected chi connectivity index (χ0v) is 11.4. The van der Waals surface area contributed by atoms with Gasteiger partial charge >= 0.3 is 0 Å². The average molecular weight is 262 g/mol. The minimum Gasteiger partial charge on any atom is -0.396 e. The van der Waals surface area contributed by atoms with Crippen molar-refractivity contribution < 1.29 is 9.90 Å². The van der Waals surface area contributed by atoms with Gasteiger partial charge in [0.1, 0.15) is 0 Å². The number of hydrogen-bond donors (Lipinski definition) is 3. The second kappa shape index (κ2) is 6.68. The largest absolute Gasteiger partial charge is 0.396 e. The van der Waals surface area contributed by atoms with E-state index in [0.717, 1.165) is 25.8 Å². The summed E-state index contributed by atoms with van der Waals surface area (Å²) in [6, 6.07) is 8.19. The van der Waals surface area contributed by atoms with Crippen LogP contribution in [0, 0.1) is 0 Å². The van der Waals surface area contributed by atoms with Gasteiger partial charge in [-0.2, -0.15) is 0 Å². The molecule has 3 N–H and O–H groups in total. The molecule has 0 bridgehead atoms. The Balaban J connectivity index is 1.88. The third-order valence-corrected chi connectivity index (χ3v) is 3.58. The number of carbonyl (C=O) groups is 1. The van der Waals surface area contributed by atoms with E-state index in [-0.39, 0.29) is 24.6 Å². The summed E-state index contributed by atoms with van der Waals surface area (Å²) < 4.78 is 0. The van der Waals surface area contributed by atoms with Gasteiger partial charge in [-0.1, -0.05) is 24.3 Å². The number of rotatable bonds is 5. The van der Waals surface area contributed by atoms with Gasteiger partial charge in [-0.3, -0.25) is 4.79 Å². The quantitative estimate of drug-likeness (QED) is 0.741. The predicted octanol–water partition coefficient (Wildman–Crippen LogP) is 0.978. The van der Waals surface area contributed by atoms with Crippen molar-refractivity contribution in [3.05, 3.63) is 35.4 Å². The van der Waals surface area contributed by atoms with E-state index in [0.29, 0.717) is 0 Å². The number of nitrogens with one attached hydrogen (secondary N) is 2. The third-order valence-electron chi connectivity index (χ3n) is 3.58. The highest BCUT2D eigenvalue weighted by Gasteiger charge is 2.24. The number of carbonyl (C=O) groups excluding carboxylic acids is 1. The molecule has 1 amide bonds. The van der Waals surface area contributed by atoms with Crippen molar-refractivity contribution in [3.63, 3.8) is 0 Å². The monoisotopic (exact) mass is 262 g/mol. The highest BCUT2D eigenvalue weighted by atomic mass is 16.3. The van der Waals surface area contributed by atoms with Crippen LogP contribution in [-0.2, 0) is 17.8 Å². The van der Waals surface area contributed by atoms with E-state index in [1.54, 1.807) is 0 Å². The molecule has 2 rings (SSSR count). The Morgan fingerprint density at radius 1 is 1.47 bits per heavy atom. The normalized spacial score (nSPS) is 19.6. The summed E-state index contributed by atoms with van der Waals surface area (Å²) in [6.07, 6.45) is 2.28. The first-order chi connectivity index (χ1) is 9.20. The first-order valence-electron chi connectivity index (χ1n) is 6.92. The molecule has 0 saturated carbocycles. The molecule has 2 unspecified atom stereocenters. The first-order valence-corrected chi connectivity index (χ1v) is 6.92. The van der Waals surface area contributed by atoms with Crippen molar-refractivity contribution in [2.45, 2.75) is 44.8 Å². The van der Waals surface area contributed by atoms with Gasteiger partial charge in [-0.05, 0) is 37.3 Å². The van der Waals surface area contributed by atoms with E-state index >= 15 is 0 Å². The van der Waals surface area contributed by atoms with E-state index in [1.807, 2.05) is 19.1 Å². The van der Waals surface area contributed by atoms with Crippen LogP contribution in [0.1, 0.15) is 30.9 Å². The Hall–Kier alpha value is -1.39. The number of hydrogen-bond acceptors (Lipinski definition) is 3. The molecule has 104 valence electrons. The minimum absolute atomic E-state index is 0.0555. The van der Waals surface area contributed by atoms with E-state index in [2.05, 4.69) is 22.8 Å². The van der Waals surface area contributed by atoms with Gasteiger partial charge in [0.15, 0.2) is 0 Å². The maximum atomic E-state index is 12.1. The smallest absolute Gasteiger partial charge is 0.237 e. The van der Waals surface area contributed by atoms with Gasteiger partial charge in [0, 0.05) is 19.2 Å². The minimum atomic E-state index is -0.147. The maximum Gasteiger partial charge on any atom is 0.237 e. The lowest BCUT2D eigenvalue weighted by atomic mass is 9.95. The van der Waals surface area contributed by atoms with Crippen LogP contribution in [-0.4, -0.2) is 29.7 Å². The summed E-state index contributed by atoms with van der Waals surface area (Å²) in [5.74, 6) is 0.0555. The summed E-state index contributed by atoms with van der Waals surface area (Å²) in [6.45, 7) is 2.90. The molecule has 1 aliphatic rings. The molecule has 1 aromatic carbocycles. The number of aliphatic hydroxyl groups excluding tert-OH is 1. The van der Waals surface area contributed by atoms with Crippen molar-refractivity contribution >= 4 is 5.91 Å². The fourth-order valence-electron chi connectivity index (χ4n) is 2.45. The van der Waals surface area contributed by atoms with Gasteiger partial charge in [-0.25, -0.2) is 0 Å². The van der Waals surface area contributed by atoms with Crippen molar-refractivity contribution in [3.8, 4) is 0 Å². The molecule has 1 aliphatic heterocycles. The second-order valence-electron chi connectivity index (χ2n) is 5.18. The molecule has 0 fully saturated rings. The number of aliphatic hydroxyl groups is 1. The molecule has 1 heterocycles. The zero-order chi connectivity index (χ0) is 13.7. The summed E-state index contributed by atoms with van der Waals surface area (Å²) in [5.41, 5.74) is 2.53. The van der Waals surface area contributed by atoms with Crippen LogP contribution in [0.15, 0.2) is 24.3 Å². The zero-order valence-electron chi connectivity index (χ0n) is 11.4. The number of fused-ring (bicyclic) bond motifs is 1. The lowest BCUT2D eigenvalue weighted by Crippen LogP contribution is -2.49. The van der Waals surface area contributed by atoms with E-state index in [1.165, 1.54) is 11.1 Å². The molecule has 4 nitrogen and oxygen atoms in total. The number of amides is 1. The molecule has 0 spiro atoms. The van der Waals surface area contributed by atoms with E-state index < -0.39 is 0 Å². The van der Waals surface area contributed by atoms with Gasteiger partial charge < -0.3 is 15.7 Å². The molecule has 19 heavy (non-hydrogen) atoms. The fraction of sp³-hybridized carbons (Fsp3) is 0.533.